The highest BCUT2D eigenvalue weighted by atomic mass is 79.9. The molecule has 1 heterocycles. The molecule has 3 nitrogen and oxygen atoms in total. The summed E-state index contributed by atoms with van der Waals surface area (Å²) in [5.74, 6) is 0. The number of benzene rings is 1. The fraction of sp³-hybridized carbons (Fsp3) is 0.500. The summed E-state index contributed by atoms with van der Waals surface area (Å²) >= 11 is 3.43. The second kappa shape index (κ2) is 6.35. The third kappa shape index (κ3) is 3.87. The van der Waals surface area contributed by atoms with E-state index < -0.39 is 0 Å². The van der Waals surface area contributed by atoms with Crippen molar-refractivity contribution in [2.75, 3.05) is 26.2 Å². The predicted octanol–water partition coefficient (Wildman–Crippen LogP) is 1.53. The average molecular weight is 285 g/mol. The van der Waals surface area contributed by atoms with Crippen molar-refractivity contribution in [1.29, 1.82) is 0 Å². The molecule has 2 rings (SSSR count). The molecule has 1 aromatic rings. The maximum atomic E-state index is 5.60. The zero-order valence-corrected chi connectivity index (χ0v) is 10.8. The van der Waals surface area contributed by atoms with Crippen LogP contribution in [0.1, 0.15) is 5.56 Å². The highest BCUT2D eigenvalue weighted by Gasteiger charge is 2.11. The lowest BCUT2D eigenvalue weighted by atomic mass is 10.2. The number of ether oxygens (including phenoxy) is 1. The fourth-order valence-corrected chi connectivity index (χ4v) is 1.99. The molecule has 0 spiro atoms. The van der Waals surface area contributed by atoms with Crippen molar-refractivity contribution in [3.63, 3.8) is 0 Å². The van der Waals surface area contributed by atoms with Crippen LogP contribution in [0.2, 0.25) is 0 Å². The number of morpholine rings is 1. The van der Waals surface area contributed by atoms with Gasteiger partial charge in [-0.15, -0.1) is 0 Å². The number of halogens is 1. The molecule has 1 atom stereocenters. The van der Waals surface area contributed by atoms with Crippen LogP contribution in [0.25, 0.3) is 0 Å². The zero-order valence-electron chi connectivity index (χ0n) is 9.21. The summed E-state index contributed by atoms with van der Waals surface area (Å²) in [6, 6.07) is 8.37. The van der Waals surface area contributed by atoms with E-state index in [1.807, 2.05) is 0 Å². The van der Waals surface area contributed by atoms with Crippen LogP contribution in [-0.4, -0.2) is 32.3 Å². The molecule has 1 aliphatic rings. The maximum absolute atomic E-state index is 5.60. The van der Waals surface area contributed by atoms with Gasteiger partial charge in [0.25, 0.3) is 0 Å². The van der Waals surface area contributed by atoms with Crippen LogP contribution in [0.4, 0.5) is 0 Å². The molecule has 4 heteroatoms. The van der Waals surface area contributed by atoms with E-state index in [4.69, 9.17) is 4.74 Å². The monoisotopic (exact) mass is 284 g/mol. The van der Waals surface area contributed by atoms with E-state index in [1.54, 1.807) is 0 Å². The predicted molar refractivity (Wildman–Crippen MR) is 68.5 cm³/mol. The molecule has 1 aromatic carbocycles. The molecule has 2 N–H and O–H groups in total. The highest BCUT2D eigenvalue weighted by Crippen LogP contribution is 2.10. The summed E-state index contributed by atoms with van der Waals surface area (Å²) in [7, 11) is 0. The minimum atomic E-state index is 0.309. The normalized spacial score (nSPS) is 20.9. The first-order valence-electron chi connectivity index (χ1n) is 5.62. The molecule has 88 valence electrons. The lowest BCUT2D eigenvalue weighted by Gasteiger charge is -2.23. The Hall–Kier alpha value is -0.420. The standard InChI is InChI=1S/C12H17BrN2O/c13-11-3-1-10(2-4-11)7-15-9-12-8-14-5-6-16-12/h1-4,12,14-15H,5-9H2. The number of hydrogen-bond donors (Lipinski definition) is 2. The molecular formula is C12H17BrN2O. The smallest absolute Gasteiger partial charge is 0.0824 e. The van der Waals surface area contributed by atoms with Gasteiger partial charge in [0.2, 0.25) is 0 Å². The van der Waals surface area contributed by atoms with Gasteiger partial charge in [-0.2, -0.15) is 0 Å². The van der Waals surface area contributed by atoms with Gasteiger partial charge in [-0.25, -0.2) is 0 Å². The van der Waals surface area contributed by atoms with E-state index in [1.165, 1.54) is 5.56 Å². The minimum Gasteiger partial charge on any atom is -0.374 e. The Labute approximate surface area is 105 Å². The van der Waals surface area contributed by atoms with Gasteiger partial charge in [-0.1, -0.05) is 28.1 Å². The van der Waals surface area contributed by atoms with Crippen LogP contribution in [0.3, 0.4) is 0 Å². The SMILES string of the molecule is Brc1ccc(CNCC2CNCCO2)cc1. The molecule has 0 bridgehead atoms. The van der Waals surface area contributed by atoms with Gasteiger partial charge < -0.3 is 15.4 Å². The summed E-state index contributed by atoms with van der Waals surface area (Å²) in [4.78, 5) is 0. The molecule has 0 saturated carbocycles. The van der Waals surface area contributed by atoms with Crippen molar-refractivity contribution in [3.8, 4) is 0 Å². The van der Waals surface area contributed by atoms with Gasteiger partial charge in [0.15, 0.2) is 0 Å². The zero-order chi connectivity index (χ0) is 11.2. The topological polar surface area (TPSA) is 33.3 Å². The van der Waals surface area contributed by atoms with Gasteiger partial charge in [0, 0.05) is 30.7 Å². The van der Waals surface area contributed by atoms with E-state index in [9.17, 15) is 0 Å². The molecule has 0 aromatic heterocycles. The molecule has 1 unspecified atom stereocenters. The Kier molecular flexibility index (Phi) is 4.78. The maximum Gasteiger partial charge on any atom is 0.0824 e. The van der Waals surface area contributed by atoms with Crippen LogP contribution >= 0.6 is 15.9 Å². The average Bonchev–Trinajstić information content (AvgIpc) is 2.33. The van der Waals surface area contributed by atoms with Gasteiger partial charge in [0.05, 0.1) is 12.7 Å². The minimum absolute atomic E-state index is 0.309. The summed E-state index contributed by atoms with van der Waals surface area (Å²) in [5, 5.41) is 6.73. The fourth-order valence-electron chi connectivity index (χ4n) is 1.73. The third-order valence-electron chi connectivity index (χ3n) is 2.62. The van der Waals surface area contributed by atoms with Crippen molar-refractivity contribution >= 4 is 15.9 Å². The van der Waals surface area contributed by atoms with Crippen molar-refractivity contribution in [2.45, 2.75) is 12.6 Å². The van der Waals surface area contributed by atoms with Crippen LogP contribution in [-0.2, 0) is 11.3 Å². The van der Waals surface area contributed by atoms with Gasteiger partial charge >= 0.3 is 0 Å². The Bertz CT molecular complexity index is 309. The van der Waals surface area contributed by atoms with Gasteiger partial charge in [0.1, 0.15) is 0 Å². The largest absolute Gasteiger partial charge is 0.374 e. The quantitative estimate of drug-likeness (QED) is 0.880. The van der Waals surface area contributed by atoms with Crippen LogP contribution in [0.15, 0.2) is 28.7 Å². The Morgan fingerprint density at radius 1 is 1.38 bits per heavy atom. The Balaban J connectivity index is 1.69. The summed E-state index contributed by atoms with van der Waals surface area (Å²) < 4.78 is 6.72. The first kappa shape index (κ1) is 12.0. The summed E-state index contributed by atoms with van der Waals surface area (Å²) in [6.45, 7) is 4.55. The highest BCUT2D eigenvalue weighted by molar-refractivity contribution is 9.10. The third-order valence-corrected chi connectivity index (χ3v) is 3.15. The first-order valence-corrected chi connectivity index (χ1v) is 6.41. The number of hydrogen-bond acceptors (Lipinski definition) is 3. The van der Waals surface area contributed by atoms with E-state index in [-0.39, 0.29) is 0 Å². The van der Waals surface area contributed by atoms with E-state index in [0.717, 1.165) is 37.3 Å². The van der Waals surface area contributed by atoms with E-state index in [2.05, 4.69) is 50.8 Å². The molecule has 1 aliphatic heterocycles. The van der Waals surface area contributed by atoms with Crippen molar-refractivity contribution in [2.24, 2.45) is 0 Å². The van der Waals surface area contributed by atoms with E-state index in [0.29, 0.717) is 6.10 Å². The first-order chi connectivity index (χ1) is 7.84. The molecule has 1 fully saturated rings. The second-order valence-corrected chi connectivity index (χ2v) is 4.87. The van der Waals surface area contributed by atoms with Crippen molar-refractivity contribution in [1.82, 2.24) is 10.6 Å². The molecule has 16 heavy (non-hydrogen) atoms. The second-order valence-electron chi connectivity index (χ2n) is 3.95. The summed E-state index contributed by atoms with van der Waals surface area (Å²) in [5.41, 5.74) is 1.30. The Morgan fingerprint density at radius 3 is 2.88 bits per heavy atom. The summed E-state index contributed by atoms with van der Waals surface area (Å²) in [6.07, 6.45) is 0.309. The number of rotatable bonds is 4. The molecule has 1 saturated heterocycles. The Morgan fingerprint density at radius 2 is 2.19 bits per heavy atom. The van der Waals surface area contributed by atoms with Crippen molar-refractivity contribution in [3.05, 3.63) is 34.3 Å². The van der Waals surface area contributed by atoms with Crippen LogP contribution in [0, 0.1) is 0 Å². The molecule has 0 amide bonds. The molecule has 0 aliphatic carbocycles. The van der Waals surface area contributed by atoms with Crippen LogP contribution in [0.5, 0.6) is 0 Å². The lowest BCUT2D eigenvalue weighted by molar-refractivity contribution is 0.0290. The molecular weight excluding hydrogens is 268 g/mol. The van der Waals surface area contributed by atoms with Crippen LogP contribution < -0.4 is 10.6 Å². The number of nitrogens with one attached hydrogen (secondary N) is 2. The van der Waals surface area contributed by atoms with E-state index >= 15 is 0 Å². The van der Waals surface area contributed by atoms with Gasteiger partial charge in [-0.05, 0) is 17.7 Å². The molecule has 0 radical (unpaired) electrons. The lowest BCUT2D eigenvalue weighted by Crippen LogP contribution is -2.43. The van der Waals surface area contributed by atoms with Gasteiger partial charge in [-0.3, -0.25) is 0 Å². The van der Waals surface area contributed by atoms with Crippen molar-refractivity contribution < 1.29 is 4.74 Å².